The lowest BCUT2D eigenvalue weighted by molar-refractivity contribution is 0.214. The van der Waals surface area contributed by atoms with Gasteiger partial charge in [-0.05, 0) is 24.1 Å². The van der Waals surface area contributed by atoms with Crippen LogP contribution in [0, 0.1) is 0 Å². The summed E-state index contributed by atoms with van der Waals surface area (Å²) in [7, 11) is 0. The van der Waals surface area contributed by atoms with E-state index in [0.29, 0.717) is 0 Å². The Morgan fingerprint density at radius 1 is 1.33 bits per heavy atom. The van der Waals surface area contributed by atoms with Gasteiger partial charge in [0.15, 0.2) is 5.58 Å². The van der Waals surface area contributed by atoms with Crippen LogP contribution in [-0.4, -0.2) is 36.1 Å². The number of hydrogen-bond acceptors (Lipinski definition) is 4. The third kappa shape index (κ3) is 2.40. The predicted molar refractivity (Wildman–Crippen MR) is 71.5 cm³/mol. The van der Waals surface area contributed by atoms with Gasteiger partial charge in [-0.15, -0.1) is 0 Å². The molecule has 1 aromatic carbocycles. The first-order valence-corrected chi connectivity index (χ1v) is 6.66. The summed E-state index contributed by atoms with van der Waals surface area (Å²) in [6, 6.07) is 6.27. The first-order valence-electron chi connectivity index (χ1n) is 6.66. The summed E-state index contributed by atoms with van der Waals surface area (Å²) < 4.78 is 5.80. The van der Waals surface area contributed by atoms with Crippen LogP contribution in [0.15, 0.2) is 22.6 Å². The molecular formula is C14H19N3O. The van der Waals surface area contributed by atoms with Gasteiger partial charge in [0, 0.05) is 26.2 Å². The van der Waals surface area contributed by atoms with Crippen molar-refractivity contribution in [3.8, 4) is 0 Å². The Balaban J connectivity index is 1.79. The van der Waals surface area contributed by atoms with Crippen LogP contribution in [0.5, 0.6) is 0 Å². The van der Waals surface area contributed by atoms with E-state index in [0.717, 1.165) is 56.1 Å². The molecule has 0 spiro atoms. The van der Waals surface area contributed by atoms with Gasteiger partial charge in [-0.25, -0.2) is 4.98 Å². The number of aryl methyl sites for hydroxylation is 1. The first-order chi connectivity index (χ1) is 8.85. The van der Waals surface area contributed by atoms with E-state index in [2.05, 4.69) is 34.3 Å². The predicted octanol–water partition coefficient (Wildman–Crippen LogP) is 1.80. The molecule has 0 bridgehead atoms. The second-order valence-corrected chi connectivity index (χ2v) is 4.79. The largest absolute Gasteiger partial charge is 0.439 e. The van der Waals surface area contributed by atoms with Crippen molar-refractivity contribution >= 4 is 11.1 Å². The molecule has 1 saturated heterocycles. The summed E-state index contributed by atoms with van der Waals surface area (Å²) in [6.45, 7) is 7.22. The summed E-state index contributed by atoms with van der Waals surface area (Å²) in [5.74, 6) is 0.833. The number of oxazole rings is 1. The molecule has 0 aliphatic carbocycles. The third-order valence-corrected chi connectivity index (χ3v) is 3.47. The van der Waals surface area contributed by atoms with Crippen molar-refractivity contribution in [3.05, 3.63) is 29.7 Å². The number of nitrogens with zero attached hydrogens (tertiary/aromatic N) is 2. The van der Waals surface area contributed by atoms with Crippen molar-refractivity contribution in [3.63, 3.8) is 0 Å². The highest BCUT2D eigenvalue weighted by atomic mass is 16.3. The summed E-state index contributed by atoms with van der Waals surface area (Å²) in [5.41, 5.74) is 3.20. The molecule has 4 heteroatoms. The molecule has 1 aromatic heterocycles. The van der Waals surface area contributed by atoms with Crippen LogP contribution in [0.1, 0.15) is 18.4 Å². The average molecular weight is 245 g/mol. The molecule has 2 aromatic rings. The number of hydrogen-bond donors (Lipinski definition) is 1. The lowest BCUT2D eigenvalue weighted by atomic mass is 10.1. The fourth-order valence-electron chi connectivity index (χ4n) is 2.37. The van der Waals surface area contributed by atoms with Gasteiger partial charge >= 0.3 is 0 Å². The Kier molecular flexibility index (Phi) is 3.30. The highest BCUT2D eigenvalue weighted by Gasteiger charge is 2.13. The first kappa shape index (κ1) is 11.7. The van der Waals surface area contributed by atoms with Gasteiger partial charge in [-0.2, -0.15) is 0 Å². The van der Waals surface area contributed by atoms with Crippen LogP contribution in [0.2, 0.25) is 0 Å². The summed E-state index contributed by atoms with van der Waals surface area (Å²) in [4.78, 5) is 6.96. The van der Waals surface area contributed by atoms with E-state index in [1.165, 1.54) is 5.56 Å². The van der Waals surface area contributed by atoms with E-state index in [1.807, 2.05) is 6.07 Å². The monoisotopic (exact) mass is 245 g/mol. The van der Waals surface area contributed by atoms with Crippen molar-refractivity contribution in [1.29, 1.82) is 0 Å². The lowest BCUT2D eigenvalue weighted by Gasteiger charge is -2.25. The molecule has 4 nitrogen and oxygen atoms in total. The number of nitrogens with one attached hydrogen (secondary N) is 1. The Morgan fingerprint density at radius 3 is 2.94 bits per heavy atom. The Morgan fingerprint density at radius 2 is 2.17 bits per heavy atom. The van der Waals surface area contributed by atoms with Gasteiger partial charge in [0.2, 0.25) is 5.89 Å². The van der Waals surface area contributed by atoms with Gasteiger partial charge < -0.3 is 9.73 Å². The van der Waals surface area contributed by atoms with E-state index in [4.69, 9.17) is 4.42 Å². The van der Waals surface area contributed by atoms with Crippen LogP contribution in [0.4, 0.5) is 0 Å². The number of rotatable bonds is 3. The number of piperazine rings is 1. The number of aromatic nitrogens is 1. The molecule has 1 N–H and O–H groups in total. The Hall–Kier alpha value is -1.39. The van der Waals surface area contributed by atoms with E-state index < -0.39 is 0 Å². The molecule has 0 atom stereocenters. The van der Waals surface area contributed by atoms with E-state index in [9.17, 15) is 0 Å². The third-order valence-electron chi connectivity index (χ3n) is 3.47. The molecule has 2 heterocycles. The zero-order chi connectivity index (χ0) is 12.4. The van der Waals surface area contributed by atoms with Crippen LogP contribution in [0.25, 0.3) is 11.1 Å². The van der Waals surface area contributed by atoms with Gasteiger partial charge in [-0.1, -0.05) is 13.0 Å². The smallest absolute Gasteiger partial charge is 0.209 e. The summed E-state index contributed by atoms with van der Waals surface area (Å²) in [5, 5.41) is 3.35. The summed E-state index contributed by atoms with van der Waals surface area (Å²) >= 11 is 0. The van der Waals surface area contributed by atoms with Gasteiger partial charge in [0.05, 0.1) is 6.54 Å². The fraction of sp³-hybridized carbons (Fsp3) is 0.500. The quantitative estimate of drug-likeness (QED) is 0.895. The van der Waals surface area contributed by atoms with Gasteiger partial charge in [0.1, 0.15) is 5.52 Å². The van der Waals surface area contributed by atoms with Crippen LogP contribution < -0.4 is 5.32 Å². The van der Waals surface area contributed by atoms with Crippen molar-refractivity contribution in [1.82, 2.24) is 15.2 Å². The molecule has 0 unspecified atom stereocenters. The molecule has 18 heavy (non-hydrogen) atoms. The molecular weight excluding hydrogens is 226 g/mol. The highest BCUT2D eigenvalue weighted by Crippen LogP contribution is 2.18. The molecule has 3 rings (SSSR count). The van der Waals surface area contributed by atoms with Gasteiger partial charge in [0.25, 0.3) is 0 Å². The molecule has 0 saturated carbocycles. The zero-order valence-electron chi connectivity index (χ0n) is 10.8. The highest BCUT2D eigenvalue weighted by molar-refractivity contribution is 5.73. The van der Waals surface area contributed by atoms with E-state index >= 15 is 0 Å². The van der Waals surface area contributed by atoms with E-state index in [-0.39, 0.29) is 0 Å². The second kappa shape index (κ2) is 5.08. The van der Waals surface area contributed by atoms with Gasteiger partial charge in [-0.3, -0.25) is 4.90 Å². The standard InChI is InChI=1S/C14H19N3O/c1-2-11-3-4-13-12(9-11)16-14(18-13)10-17-7-5-15-6-8-17/h3-4,9,15H,2,5-8,10H2,1H3. The second-order valence-electron chi connectivity index (χ2n) is 4.79. The minimum absolute atomic E-state index is 0.817. The maximum atomic E-state index is 5.80. The van der Waals surface area contributed by atoms with E-state index in [1.54, 1.807) is 0 Å². The van der Waals surface area contributed by atoms with Crippen molar-refractivity contribution in [2.24, 2.45) is 0 Å². The van der Waals surface area contributed by atoms with Crippen molar-refractivity contribution in [2.75, 3.05) is 26.2 Å². The van der Waals surface area contributed by atoms with Crippen LogP contribution in [-0.2, 0) is 13.0 Å². The molecule has 1 fully saturated rings. The molecule has 1 aliphatic rings. The minimum Gasteiger partial charge on any atom is -0.439 e. The minimum atomic E-state index is 0.817. The molecule has 96 valence electrons. The number of benzene rings is 1. The molecule has 0 amide bonds. The Bertz CT molecular complexity index is 529. The Labute approximate surface area is 107 Å². The fourth-order valence-corrected chi connectivity index (χ4v) is 2.37. The maximum Gasteiger partial charge on any atom is 0.209 e. The van der Waals surface area contributed by atoms with Crippen LogP contribution >= 0.6 is 0 Å². The zero-order valence-corrected chi connectivity index (χ0v) is 10.8. The van der Waals surface area contributed by atoms with Crippen LogP contribution in [0.3, 0.4) is 0 Å². The average Bonchev–Trinajstić information content (AvgIpc) is 2.80. The summed E-state index contributed by atoms with van der Waals surface area (Å²) in [6.07, 6.45) is 1.04. The van der Waals surface area contributed by atoms with Crippen molar-refractivity contribution in [2.45, 2.75) is 19.9 Å². The topological polar surface area (TPSA) is 41.3 Å². The maximum absolute atomic E-state index is 5.80. The molecule has 0 radical (unpaired) electrons. The number of fused-ring (bicyclic) bond motifs is 1. The molecule has 1 aliphatic heterocycles. The lowest BCUT2D eigenvalue weighted by Crippen LogP contribution is -2.42. The SMILES string of the molecule is CCc1ccc2oc(CN3CCNCC3)nc2c1. The van der Waals surface area contributed by atoms with Crippen molar-refractivity contribution < 1.29 is 4.42 Å². The normalized spacial score (nSPS) is 17.4.